The van der Waals surface area contributed by atoms with Gasteiger partial charge in [0.25, 0.3) is 0 Å². The van der Waals surface area contributed by atoms with Crippen molar-refractivity contribution in [1.82, 2.24) is 24.4 Å². The number of anilines is 5. The first kappa shape index (κ1) is 24.9. The van der Waals surface area contributed by atoms with Crippen LogP contribution in [0.2, 0.25) is 0 Å². The number of imidazole rings is 1. The molecule has 4 aromatic rings. The summed E-state index contributed by atoms with van der Waals surface area (Å²) in [5.41, 5.74) is 4.92. The van der Waals surface area contributed by atoms with Crippen LogP contribution in [0.15, 0.2) is 60.8 Å². The second-order valence-electron chi connectivity index (χ2n) is 10.2. The van der Waals surface area contributed by atoms with Crippen LogP contribution in [0.5, 0.6) is 0 Å². The van der Waals surface area contributed by atoms with Crippen LogP contribution in [-0.2, 0) is 0 Å². The van der Waals surface area contributed by atoms with E-state index in [-0.39, 0.29) is 0 Å². The summed E-state index contributed by atoms with van der Waals surface area (Å²) in [6.45, 7) is 5.34. The van der Waals surface area contributed by atoms with Crippen molar-refractivity contribution in [3.63, 3.8) is 0 Å². The quantitative estimate of drug-likeness (QED) is 0.250. The van der Waals surface area contributed by atoms with Gasteiger partial charge in [-0.1, -0.05) is 31.0 Å². The third-order valence-electron chi connectivity index (χ3n) is 7.62. The smallest absolute Gasteiger partial charge is 0.229 e. The summed E-state index contributed by atoms with van der Waals surface area (Å²) in [7, 11) is 0. The summed E-state index contributed by atoms with van der Waals surface area (Å²) < 4.78 is 2.28. The molecule has 1 aliphatic heterocycles. The molecule has 0 bridgehead atoms. The van der Waals surface area contributed by atoms with Crippen molar-refractivity contribution in [2.45, 2.75) is 38.1 Å². The van der Waals surface area contributed by atoms with Gasteiger partial charge in [0.1, 0.15) is 5.52 Å². The van der Waals surface area contributed by atoms with Gasteiger partial charge >= 0.3 is 0 Å². The molecule has 1 saturated heterocycles. The molecule has 1 aliphatic carbocycles. The van der Waals surface area contributed by atoms with E-state index in [1.54, 1.807) is 0 Å². The minimum atomic E-state index is 0.392. The molecular formula is C29H35ClN8. The molecule has 2 fully saturated rings. The van der Waals surface area contributed by atoms with Crippen LogP contribution in [0.4, 0.5) is 29.0 Å². The van der Waals surface area contributed by atoms with E-state index in [9.17, 15) is 0 Å². The van der Waals surface area contributed by atoms with Crippen LogP contribution in [0, 0.1) is 0 Å². The highest BCUT2D eigenvalue weighted by molar-refractivity contribution is 6.17. The minimum Gasteiger partial charge on any atom is -0.369 e. The summed E-state index contributed by atoms with van der Waals surface area (Å²) in [4.78, 5) is 19.3. The van der Waals surface area contributed by atoms with Crippen molar-refractivity contribution in [2.24, 2.45) is 0 Å². The van der Waals surface area contributed by atoms with Gasteiger partial charge in [-0.2, -0.15) is 4.98 Å². The number of nitrogens with zero attached hydrogens (tertiary/aromatic N) is 6. The normalized spacial score (nSPS) is 16.8. The maximum atomic E-state index is 5.86. The van der Waals surface area contributed by atoms with Crippen molar-refractivity contribution < 1.29 is 0 Å². The number of benzene rings is 2. The molecule has 2 aliphatic rings. The zero-order valence-corrected chi connectivity index (χ0v) is 22.4. The van der Waals surface area contributed by atoms with Gasteiger partial charge in [0.2, 0.25) is 11.9 Å². The fourth-order valence-electron chi connectivity index (χ4n) is 5.60. The maximum Gasteiger partial charge on any atom is 0.229 e. The molecule has 0 spiro atoms. The molecule has 9 heteroatoms. The van der Waals surface area contributed by atoms with Gasteiger partial charge in [0, 0.05) is 55.2 Å². The Bertz CT molecular complexity index is 1330. The van der Waals surface area contributed by atoms with Gasteiger partial charge in [-0.25, -0.2) is 9.97 Å². The largest absolute Gasteiger partial charge is 0.369 e. The molecule has 6 rings (SSSR count). The molecule has 0 atom stereocenters. The van der Waals surface area contributed by atoms with Crippen LogP contribution in [0.3, 0.4) is 0 Å². The lowest BCUT2D eigenvalue weighted by Gasteiger charge is -2.36. The van der Waals surface area contributed by atoms with Gasteiger partial charge < -0.3 is 15.5 Å². The number of para-hydroxylation sites is 1. The number of alkyl halides is 1. The van der Waals surface area contributed by atoms with Gasteiger partial charge in [-0.05, 0) is 62.2 Å². The monoisotopic (exact) mass is 530 g/mol. The zero-order chi connectivity index (χ0) is 25.7. The number of nitrogens with one attached hydrogen (secondary N) is 2. The molecule has 198 valence electrons. The fourth-order valence-corrected chi connectivity index (χ4v) is 5.72. The van der Waals surface area contributed by atoms with E-state index in [4.69, 9.17) is 21.6 Å². The Morgan fingerprint density at radius 2 is 1.58 bits per heavy atom. The fraction of sp³-hybridized carbons (Fsp3) is 0.414. The number of halogens is 1. The molecule has 0 unspecified atom stereocenters. The number of hydrogen-bond donors (Lipinski definition) is 2. The lowest BCUT2D eigenvalue weighted by Crippen LogP contribution is -2.46. The number of rotatable bonds is 9. The maximum absolute atomic E-state index is 5.86. The Morgan fingerprint density at radius 1 is 0.842 bits per heavy atom. The Kier molecular flexibility index (Phi) is 7.60. The Labute approximate surface area is 229 Å². The molecule has 38 heavy (non-hydrogen) atoms. The van der Waals surface area contributed by atoms with Crippen molar-refractivity contribution in [3.05, 3.63) is 60.8 Å². The molecule has 3 heterocycles. The first-order chi connectivity index (χ1) is 18.8. The zero-order valence-electron chi connectivity index (χ0n) is 21.7. The molecule has 8 nitrogen and oxygen atoms in total. The molecule has 2 aromatic heterocycles. The Balaban J connectivity index is 1.18. The van der Waals surface area contributed by atoms with Crippen molar-refractivity contribution >= 4 is 51.7 Å². The first-order valence-electron chi connectivity index (χ1n) is 13.7. The summed E-state index contributed by atoms with van der Waals surface area (Å²) >= 11 is 5.86. The average Bonchev–Trinajstić information content (AvgIpc) is 3.61. The standard InChI is InChI=1S/C29H35ClN8/c30-15-6-16-36-17-19-37(20-18-36)24-13-11-23(12-14-24)32-28-31-21-26-27(35-28)38(25-9-4-5-10-25)29(34-26)33-22-7-2-1-3-8-22/h1-3,7-8,11-14,21,25H,4-6,9-10,15-20H2,(H,33,34)(H,31,32,35). The highest BCUT2D eigenvalue weighted by Gasteiger charge is 2.24. The number of hydrogen-bond acceptors (Lipinski definition) is 7. The third kappa shape index (κ3) is 5.56. The Hall–Kier alpha value is -3.36. The predicted molar refractivity (Wildman–Crippen MR) is 156 cm³/mol. The summed E-state index contributed by atoms with van der Waals surface area (Å²) in [6.07, 6.45) is 7.64. The van der Waals surface area contributed by atoms with E-state index in [1.807, 2.05) is 24.4 Å². The van der Waals surface area contributed by atoms with Crippen LogP contribution in [0.1, 0.15) is 38.1 Å². The van der Waals surface area contributed by atoms with Crippen LogP contribution >= 0.6 is 11.6 Å². The van der Waals surface area contributed by atoms with E-state index in [2.05, 4.69) is 66.4 Å². The topological polar surface area (TPSA) is 74.1 Å². The molecule has 1 saturated carbocycles. The van der Waals surface area contributed by atoms with Gasteiger partial charge in [0.15, 0.2) is 5.65 Å². The first-order valence-corrected chi connectivity index (χ1v) is 14.3. The van der Waals surface area contributed by atoms with E-state index < -0.39 is 0 Å². The molecule has 0 amide bonds. The van der Waals surface area contributed by atoms with E-state index in [0.29, 0.717) is 12.0 Å². The predicted octanol–water partition coefficient (Wildman–Crippen LogP) is 6.18. The van der Waals surface area contributed by atoms with Crippen LogP contribution in [0.25, 0.3) is 11.2 Å². The van der Waals surface area contributed by atoms with Gasteiger partial charge in [-0.3, -0.25) is 9.47 Å². The molecular weight excluding hydrogens is 496 g/mol. The van der Waals surface area contributed by atoms with E-state index in [0.717, 1.165) is 86.4 Å². The highest BCUT2D eigenvalue weighted by Crippen LogP contribution is 2.36. The van der Waals surface area contributed by atoms with Crippen molar-refractivity contribution in [3.8, 4) is 0 Å². The van der Waals surface area contributed by atoms with E-state index in [1.165, 1.54) is 18.5 Å². The molecule has 0 radical (unpaired) electrons. The van der Waals surface area contributed by atoms with Crippen LogP contribution < -0.4 is 15.5 Å². The summed E-state index contributed by atoms with van der Waals surface area (Å²) in [5.74, 6) is 2.15. The number of aromatic nitrogens is 4. The lowest BCUT2D eigenvalue weighted by atomic mass is 10.2. The summed E-state index contributed by atoms with van der Waals surface area (Å²) in [6, 6.07) is 19.2. The second-order valence-corrected chi connectivity index (χ2v) is 10.6. The van der Waals surface area contributed by atoms with Crippen molar-refractivity contribution in [1.29, 1.82) is 0 Å². The lowest BCUT2D eigenvalue weighted by molar-refractivity contribution is 0.259. The van der Waals surface area contributed by atoms with Gasteiger partial charge in [0.05, 0.1) is 6.20 Å². The second kappa shape index (κ2) is 11.6. The molecule has 2 N–H and O–H groups in total. The third-order valence-corrected chi connectivity index (χ3v) is 7.89. The Morgan fingerprint density at radius 3 is 2.32 bits per heavy atom. The molecule has 2 aromatic carbocycles. The minimum absolute atomic E-state index is 0.392. The highest BCUT2D eigenvalue weighted by atomic mass is 35.5. The average molecular weight is 531 g/mol. The van der Waals surface area contributed by atoms with Gasteiger partial charge in [-0.15, -0.1) is 11.6 Å². The van der Waals surface area contributed by atoms with Crippen LogP contribution in [-0.4, -0.2) is 63.0 Å². The number of piperazine rings is 1. The summed E-state index contributed by atoms with van der Waals surface area (Å²) in [5, 5.41) is 6.92. The van der Waals surface area contributed by atoms with E-state index >= 15 is 0 Å². The van der Waals surface area contributed by atoms with Crippen molar-refractivity contribution in [2.75, 3.05) is 54.1 Å². The SMILES string of the molecule is ClCCCN1CCN(c2ccc(Nc3ncc4nc(Nc5ccccc5)n(C5CCCC5)c4n3)cc2)CC1. The number of fused-ring (bicyclic) bond motifs is 1.